The van der Waals surface area contributed by atoms with E-state index in [-0.39, 0.29) is 18.0 Å². The van der Waals surface area contributed by atoms with Gasteiger partial charge in [-0.25, -0.2) is 9.97 Å². The van der Waals surface area contributed by atoms with Crippen LogP contribution in [0.25, 0.3) is 10.4 Å². The average molecular weight is 511 g/mol. The molecule has 1 fully saturated rings. The highest BCUT2D eigenvalue weighted by Crippen LogP contribution is 2.51. The summed E-state index contributed by atoms with van der Waals surface area (Å²) in [6.07, 6.45) is 4.97. The van der Waals surface area contributed by atoms with Crippen molar-refractivity contribution in [3.05, 3.63) is 47.2 Å². The number of rotatable bonds is 7. The number of aliphatic hydroxyl groups is 1. The Morgan fingerprint density at radius 3 is 2.72 bits per heavy atom. The van der Waals surface area contributed by atoms with Crippen LogP contribution in [0.4, 0.5) is 11.6 Å². The summed E-state index contributed by atoms with van der Waals surface area (Å²) in [7, 11) is 1.42. The second-order valence-corrected chi connectivity index (χ2v) is 11.5. The van der Waals surface area contributed by atoms with Gasteiger partial charge in [0.1, 0.15) is 10.6 Å². The van der Waals surface area contributed by atoms with E-state index in [2.05, 4.69) is 26.3 Å². The van der Waals surface area contributed by atoms with Crippen LogP contribution in [0.5, 0.6) is 5.88 Å². The molecule has 1 aliphatic rings. The molecule has 2 heterocycles. The number of anilines is 2. The fourth-order valence-corrected chi connectivity index (χ4v) is 5.98. The molecule has 1 aliphatic carbocycles. The zero-order valence-electron chi connectivity index (χ0n) is 21.7. The first kappa shape index (κ1) is 26.0. The van der Waals surface area contributed by atoms with Gasteiger partial charge in [0.2, 0.25) is 11.8 Å². The number of carbonyl (C=O) groups excluding carboxylic acids is 1. The molecule has 1 aromatic carbocycles. The Morgan fingerprint density at radius 1 is 1.25 bits per heavy atom. The van der Waals surface area contributed by atoms with Gasteiger partial charge in [0, 0.05) is 24.1 Å². The SMILES string of the molecule is COC(=O)[C@H]1CC[C@](O)(c2ncc(-c3cc(C)cc(Nc4nccc(OC(C)C)n4)c3)s2)CC1(C)C. The van der Waals surface area contributed by atoms with Crippen LogP contribution < -0.4 is 10.1 Å². The second-order valence-electron chi connectivity index (χ2n) is 10.4. The van der Waals surface area contributed by atoms with E-state index in [1.54, 1.807) is 12.3 Å². The fraction of sp³-hybridized carbons (Fsp3) is 0.481. The molecule has 0 saturated heterocycles. The van der Waals surface area contributed by atoms with Gasteiger partial charge in [-0.15, -0.1) is 11.3 Å². The third-order valence-corrected chi connectivity index (χ3v) is 7.77. The first-order valence-corrected chi connectivity index (χ1v) is 13.0. The van der Waals surface area contributed by atoms with Crippen molar-refractivity contribution < 1.29 is 19.4 Å². The molecular weight excluding hydrogens is 476 g/mol. The number of nitrogens with zero attached hydrogens (tertiary/aromatic N) is 3. The van der Waals surface area contributed by atoms with Gasteiger partial charge >= 0.3 is 5.97 Å². The number of aromatic nitrogens is 3. The third-order valence-electron chi connectivity index (χ3n) is 6.53. The fourth-order valence-electron chi connectivity index (χ4n) is 4.96. The average Bonchev–Trinajstić information content (AvgIpc) is 3.29. The lowest BCUT2D eigenvalue weighted by atomic mass is 9.63. The van der Waals surface area contributed by atoms with E-state index in [1.165, 1.54) is 18.4 Å². The van der Waals surface area contributed by atoms with Crippen LogP contribution in [-0.2, 0) is 15.1 Å². The van der Waals surface area contributed by atoms with Crippen molar-refractivity contribution in [1.82, 2.24) is 15.0 Å². The standard InChI is InChI=1S/C27H34N4O4S/c1-16(2)35-22-8-10-28-25(31-22)30-19-12-17(3)11-18(13-19)21-14-29-24(36-21)27(33)9-7-20(23(32)34-6)26(4,5)15-27/h8,10-14,16,20,33H,7,9,15H2,1-6H3,(H,28,30,31)/t20-,27-/m1/s1. The summed E-state index contributed by atoms with van der Waals surface area (Å²) in [5, 5.41) is 15.5. The lowest BCUT2D eigenvalue weighted by molar-refractivity contribution is -0.157. The number of hydrogen-bond acceptors (Lipinski definition) is 9. The normalized spacial score (nSPS) is 21.3. The van der Waals surface area contributed by atoms with Crippen LogP contribution in [-0.4, -0.2) is 39.2 Å². The van der Waals surface area contributed by atoms with Crippen molar-refractivity contribution in [2.45, 2.75) is 65.6 Å². The van der Waals surface area contributed by atoms with Crippen LogP contribution >= 0.6 is 11.3 Å². The van der Waals surface area contributed by atoms with E-state index in [1.807, 2.05) is 52.9 Å². The van der Waals surface area contributed by atoms with Crippen LogP contribution in [0.2, 0.25) is 0 Å². The molecular formula is C27H34N4O4S. The van der Waals surface area contributed by atoms with Crippen LogP contribution in [0.15, 0.2) is 36.7 Å². The molecule has 0 unspecified atom stereocenters. The molecule has 36 heavy (non-hydrogen) atoms. The molecule has 8 nitrogen and oxygen atoms in total. The maximum atomic E-state index is 12.2. The topological polar surface area (TPSA) is 106 Å². The largest absolute Gasteiger partial charge is 0.475 e. The van der Waals surface area contributed by atoms with Crippen LogP contribution in [0.3, 0.4) is 0 Å². The number of nitrogens with one attached hydrogen (secondary N) is 1. The maximum Gasteiger partial charge on any atom is 0.309 e. The van der Waals surface area contributed by atoms with Gasteiger partial charge in [-0.2, -0.15) is 4.98 Å². The monoisotopic (exact) mass is 510 g/mol. The number of benzene rings is 1. The molecule has 0 bridgehead atoms. The number of ether oxygens (including phenoxy) is 2. The summed E-state index contributed by atoms with van der Waals surface area (Å²) in [5.74, 6) is 0.514. The summed E-state index contributed by atoms with van der Waals surface area (Å²) in [4.78, 5) is 26.6. The van der Waals surface area contributed by atoms with Gasteiger partial charge in [0.25, 0.3) is 0 Å². The van der Waals surface area contributed by atoms with E-state index in [9.17, 15) is 9.90 Å². The second kappa shape index (κ2) is 10.1. The van der Waals surface area contributed by atoms with Gasteiger partial charge in [0.05, 0.1) is 24.0 Å². The summed E-state index contributed by atoms with van der Waals surface area (Å²) in [5.41, 5.74) is 1.42. The van der Waals surface area contributed by atoms with Crippen molar-refractivity contribution in [2.24, 2.45) is 11.3 Å². The Balaban J connectivity index is 1.56. The summed E-state index contributed by atoms with van der Waals surface area (Å²) in [6, 6.07) is 7.86. The quantitative estimate of drug-likeness (QED) is 0.394. The lowest BCUT2D eigenvalue weighted by Gasteiger charge is -2.44. The smallest absolute Gasteiger partial charge is 0.309 e. The van der Waals surface area contributed by atoms with Crippen LogP contribution in [0.1, 0.15) is 57.5 Å². The molecule has 2 N–H and O–H groups in total. The van der Waals surface area contributed by atoms with E-state index in [0.29, 0.717) is 36.1 Å². The Labute approximate surface area is 216 Å². The molecule has 1 saturated carbocycles. The van der Waals surface area contributed by atoms with Gasteiger partial charge in [0.15, 0.2) is 0 Å². The zero-order valence-corrected chi connectivity index (χ0v) is 22.5. The molecule has 192 valence electrons. The minimum atomic E-state index is -1.08. The first-order chi connectivity index (χ1) is 17.0. The number of esters is 1. The number of carbonyl (C=O) groups is 1. The van der Waals surface area contributed by atoms with E-state index < -0.39 is 11.0 Å². The van der Waals surface area contributed by atoms with Crippen molar-refractivity contribution >= 4 is 28.9 Å². The molecule has 2 aromatic heterocycles. The molecule has 0 spiro atoms. The molecule has 0 radical (unpaired) electrons. The summed E-state index contributed by atoms with van der Waals surface area (Å²) in [6.45, 7) is 9.95. The predicted molar refractivity (Wildman–Crippen MR) is 140 cm³/mol. The predicted octanol–water partition coefficient (Wildman–Crippen LogP) is 5.63. The van der Waals surface area contributed by atoms with Crippen molar-refractivity contribution in [3.8, 4) is 16.3 Å². The summed E-state index contributed by atoms with van der Waals surface area (Å²) < 4.78 is 10.7. The van der Waals surface area contributed by atoms with Crippen LogP contribution in [0, 0.1) is 18.3 Å². The number of thiazole rings is 1. The van der Waals surface area contributed by atoms with Crippen molar-refractivity contribution in [1.29, 1.82) is 0 Å². The molecule has 0 aliphatic heterocycles. The van der Waals surface area contributed by atoms with Crippen molar-refractivity contribution in [2.75, 3.05) is 12.4 Å². The van der Waals surface area contributed by atoms with Gasteiger partial charge in [-0.3, -0.25) is 4.79 Å². The third kappa shape index (κ3) is 5.68. The molecule has 9 heteroatoms. The minimum Gasteiger partial charge on any atom is -0.475 e. The highest BCUT2D eigenvalue weighted by molar-refractivity contribution is 7.15. The number of aryl methyl sites for hydroxylation is 1. The highest BCUT2D eigenvalue weighted by Gasteiger charge is 2.49. The maximum absolute atomic E-state index is 12.2. The number of hydrogen-bond donors (Lipinski definition) is 2. The Hall–Kier alpha value is -3.04. The van der Waals surface area contributed by atoms with Gasteiger partial charge < -0.3 is 19.9 Å². The van der Waals surface area contributed by atoms with E-state index in [4.69, 9.17) is 9.47 Å². The van der Waals surface area contributed by atoms with E-state index in [0.717, 1.165) is 21.7 Å². The minimum absolute atomic E-state index is 0.0229. The molecule has 4 rings (SSSR count). The van der Waals surface area contributed by atoms with Gasteiger partial charge in [-0.1, -0.05) is 19.9 Å². The van der Waals surface area contributed by atoms with E-state index >= 15 is 0 Å². The Morgan fingerprint density at radius 2 is 2.03 bits per heavy atom. The Bertz CT molecular complexity index is 1240. The highest BCUT2D eigenvalue weighted by atomic mass is 32.1. The molecule has 0 amide bonds. The summed E-state index contributed by atoms with van der Waals surface area (Å²) >= 11 is 1.48. The molecule has 3 aromatic rings. The lowest BCUT2D eigenvalue weighted by Crippen LogP contribution is -2.45. The Kier molecular flexibility index (Phi) is 7.33. The van der Waals surface area contributed by atoms with Crippen molar-refractivity contribution in [3.63, 3.8) is 0 Å². The zero-order chi connectivity index (χ0) is 26.1. The van der Waals surface area contributed by atoms with Gasteiger partial charge in [-0.05, 0) is 68.7 Å². The first-order valence-electron chi connectivity index (χ1n) is 12.1. The number of methoxy groups -OCH3 is 1. The molecule has 2 atom stereocenters.